The second-order valence-electron chi connectivity index (χ2n) is 6.24. The number of hydrogen-bond acceptors (Lipinski definition) is 5. The van der Waals surface area contributed by atoms with Gasteiger partial charge in [-0.3, -0.25) is 9.88 Å². The topological polar surface area (TPSA) is 66.9 Å². The van der Waals surface area contributed by atoms with Crippen molar-refractivity contribution in [1.82, 2.24) is 14.8 Å². The van der Waals surface area contributed by atoms with Gasteiger partial charge in [0.25, 0.3) is 0 Å². The van der Waals surface area contributed by atoms with Gasteiger partial charge in [0.05, 0.1) is 24.9 Å². The number of nitrogens with one attached hydrogen (secondary N) is 1. The minimum Gasteiger partial charge on any atom is -0.495 e. The van der Waals surface area contributed by atoms with E-state index >= 15 is 0 Å². The van der Waals surface area contributed by atoms with Gasteiger partial charge in [0.1, 0.15) is 11.5 Å². The lowest BCUT2D eigenvalue weighted by molar-refractivity contribution is 0.143. The standard InChI is InChI=1S/C19H23ClN4O3/c1-26-17-12-18(27-2)16(11-15(17)20)22-19(25)24-9-7-23(8-10-24)13-14-3-5-21-6-4-14/h3-6,11-12H,7-10,13H2,1-2H3,(H,22,25). The number of benzene rings is 1. The Labute approximate surface area is 163 Å². The fourth-order valence-corrected chi connectivity index (χ4v) is 3.25. The van der Waals surface area contributed by atoms with Crippen LogP contribution in [0.15, 0.2) is 36.7 Å². The van der Waals surface area contributed by atoms with E-state index in [0.717, 1.165) is 19.6 Å². The first-order valence-electron chi connectivity index (χ1n) is 8.69. The first-order chi connectivity index (χ1) is 13.1. The van der Waals surface area contributed by atoms with Crippen LogP contribution in [-0.4, -0.2) is 61.2 Å². The van der Waals surface area contributed by atoms with Gasteiger partial charge in [0, 0.05) is 51.2 Å². The molecule has 0 bridgehead atoms. The van der Waals surface area contributed by atoms with Crippen LogP contribution in [0.25, 0.3) is 0 Å². The van der Waals surface area contributed by atoms with E-state index in [1.165, 1.54) is 19.8 Å². The van der Waals surface area contributed by atoms with Crippen LogP contribution >= 0.6 is 11.6 Å². The molecule has 0 unspecified atom stereocenters. The number of urea groups is 1. The summed E-state index contributed by atoms with van der Waals surface area (Å²) in [5, 5.41) is 3.30. The number of methoxy groups -OCH3 is 2. The van der Waals surface area contributed by atoms with Gasteiger partial charge in [-0.1, -0.05) is 11.6 Å². The number of halogens is 1. The highest BCUT2D eigenvalue weighted by molar-refractivity contribution is 6.32. The maximum Gasteiger partial charge on any atom is 0.322 e. The number of piperazine rings is 1. The Morgan fingerprint density at radius 2 is 1.78 bits per heavy atom. The molecule has 144 valence electrons. The Morgan fingerprint density at radius 1 is 1.11 bits per heavy atom. The number of nitrogens with zero attached hydrogens (tertiary/aromatic N) is 3. The van der Waals surface area contributed by atoms with Gasteiger partial charge < -0.3 is 19.7 Å². The van der Waals surface area contributed by atoms with Crippen LogP contribution in [0.2, 0.25) is 5.02 Å². The minimum absolute atomic E-state index is 0.168. The number of anilines is 1. The molecule has 7 nitrogen and oxygen atoms in total. The Balaban J connectivity index is 1.57. The summed E-state index contributed by atoms with van der Waals surface area (Å²) in [6, 6.07) is 7.15. The number of ether oxygens (including phenoxy) is 2. The molecule has 2 amide bonds. The molecule has 2 aromatic rings. The Hall–Kier alpha value is -2.51. The number of hydrogen-bond donors (Lipinski definition) is 1. The molecule has 1 fully saturated rings. The zero-order valence-electron chi connectivity index (χ0n) is 15.4. The molecule has 1 aliphatic rings. The fraction of sp³-hybridized carbons (Fsp3) is 0.368. The lowest BCUT2D eigenvalue weighted by Gasteiger charge is -2.34. The smallest absolute Gasteiger partial charge is 0.322 e. The van der Waals surface area contributed by atoms with E-state index in [2.05, 4.69) is 15.2 Å². The minimum atomic E-state index is -0.168. The van der Waals surface area contributed by atoms with Crippen molar-refractivity contribution in [2.24, 2.45) is 0 Å². The maximum absolute atomic E-state index is 12.6. The highest BCUT2D eigenvalue weighted by Crippen LogP contribution is 2.36. The zero-order chi connectivity index (χ0) is 19.2. The summed E-state index contributed by atoms with van der Waals surface area (Å²) in [4.78, 5) is 20.8. The molecule has 1 aromatic carbocycles. The number of carbonyl (C=O) groups excluding carboxylic acids is 1. The second kappa shape index (κ2) is 8.92. The molecule has 27 heavy (non-hydrogen) atoms. The van der Waals surface area contributed by atoms with Crippen molar-refractivity contribution in [3.63, 3.8) is 0 Å². The SMILES string of the molecule is COc1cc(OC)c(NC(=O)N2CCN(Cc3ccncc3)CC2)cc1Cl. The van der Waals surface area contributed by atoms with Gasteiger partial charge in [0.2, 0.25) is 0 Å². The van der Waals surface area contributed by atoms with Crippen molar-refractivity contribution in [3.8, 4) is 11.5 Å². The second-order valence-corrected chi connectivity index (χ2v) is 6.64. The summed E-state index contributed by atoms with van der Waals surface area (Å²) >= 11 is 6.17. The first-order valence-corrected chi connectivity index (χ1v) is 9.07. The van der Waals surface area contributed by atoms with Crippen molar-refractivity contribution in [3.05, 3.63) is 47.2 Å². The average Bonchev–Trinajstić information content (AvgIpc) is 2.69. The van der Waals surface area contributed by atoms with Crippen LogP contribution in [0.3, 0.4) is 0 Å². The molecule has 8 heteroatoms. The van der Waals surface area contributed by atoms with Crippen LogP contribution < -0.4 is 14.8 Å². The van der Waals surface area contributed by atoms with Crippen molar-refractivity contribution in [1.29, 1.82) is 0 Å². The average molecular weight is 391 g/mol. The molecule has 0 saturated carbocycles. The lowest BCUT2D eigenvalue weighted by atomic mass is 10.2. The Morgan fingerprint density at radius 3 is 2.41 bits per heavy atom. The van der Waals surface area contributed by atoms with Crippen molar-refractivity contribution in [2.45, 2.75) is 6.54 Å². The number of rotatable bonds is 5. The van der Waals surface area contributed by atoms with E-state index in [-0.39, 0.29) is 6.03 Å². The molecule has 1 N–H and O–H groups in total. The maximum atomic E-state index is 12.6. The van der Waals surface area contributed by atoms with Gasteiger partial charge in [-0.2, -0.15) is 0 Å². The van der Waals surface area contributed by atoms with Gasteiger partial charge in [-0.15, -0.1) is 0 Å². The summed E-state index contributed by atoms with van der Waals surface area (Å²) in [5.74, 6) is 0.997. The quantitative estimate of drug-likeness (QED) is 0.849. The summed E-state index contributed by atoms with van der Waals surface area (Å²) < 4.78 is 10.5. The van der Waals surface area contributed by atoms with Crippen LogP contribution in [0.1, 0.15) is 5.56 Å². The monoisotopic (exact) mass is 390 g/mol. The van der Waals surface area contributed by atoms with Crippen LogP contribution in [0.4, 0.5) is 10.5 Å². The van der Waals surface area contributed by atoms with E-state index in [0.29, 0.717) is 35.3 Å². The van der Waals surface area contributed by atoms with E-state index in [1.54, 1.807) is 29.4 Å². The summed E-state index contributed by atoms with van der Waals surface area (Å²) in [5.41, 5.74) is 1.74. The highest BCUT2D eigenvalue weighted by atomic mass is 35.5. The van der Waals surface area contributed by atoms with Gasteiger partial charge in [0.15, 0.2) is 0 Å². The van der Waals surface area contributed by atoms with Crippen LogP contribution in [0, 0.1) is 0 Å². The molecule has 0 spiro atoms. The summed E-state index contributed by atoms with van der Waals surface area (Å²) in [7, 11) is 3.07. The third kappa shape index (κ3) is 4.81. The van der Waals surface area contributed by atoms with Crippen LogP contribution in [-0.2, 0) is 6.54 Å². The van der Waals surface area contributed by atoms with E-state index < -0.39 is 0 Å². The van der Waals surface area contributed by atoms with E-state index in [1.807, 2.05) is 12.1 Å². The van der Waals surface area contributed by atoms with Crippen molar-refractivity contribution >= 4 is 23.3 Å². The molecule has 3 rings (SSSR count). The van der Waals surface area contributed by atoms with Gasteiger partial charge in [-0.05, 0) is 23.8 Å². The van der Waals surface area contributed by atoms with Gasteiger partial charge >= 0.3 is 6.03 Å². The Bertz CT molecular complexity index is 780. The zero-order valence-corrected chi connectivity index (χ0v) is 16.2. The number of pyridine rings is 1. The van der Waals surface area contributed by atoms with Crippen molar-refractivity contribution < 1.29 is 14.3 Å². The number of aromatic nitrogens is 1. The molecule has 1 aliphatic heterocycles. The molecule has 1 aromatic heterocycles. The van der Waals surface area contributed by atoms with E-state index in [4.69, 9.17) is 21.1 Å². The largest absolute Gasteiger partial charge is 0.495 e. The highest BCUT2D eigenvalue weighted by Gasteiger charge is 2.22. The fourth-order valence-electron chi connectivity index (χ4n) is 3.01. The van der Waals surface area contributed by atoms with E-state index in [9.17, 15) is 4.79 Å². The molecular weight excluding hydrogens is 368 g/mol. The molecule has 1 saturated heterocycles. The summed E-state index contributed by atoms with van der Waals surface area (Å²) in [6.45, 7) is 3.80. The molecule has 0 radical (unpaired) electrons. The van der Waals surface area contributed by atoms with Crippen LogP contribution in [0.5, 0.6) is 11.5 Å². The Kier molecular flexibility index (Phi) is 6.36. The number of carbonyl (C=O) groups is 1. The normalized spacial score (nSPS) is 14.7. The predicted molar refractivity (Wildman–Crippen MR) is 105 cm³/mol. The molecule has 0 atom stereocenters. The predicted octanol–water partition coefficient (Wildman–Crippen LogP) is 3.10. The molecular formula is C19H23ClN4O3. The first kappa shape index (κ1) is 19.3. The summed E-state index contributed by atoms with van der Waals surface area (Å²) in [6.07, 6.45) is 3.60. The van der Waals surface area contributed by atoms with Gasteiger partial charge in [-0.25, -0.2) is 4.79 Å². The third-order valence-corrected chi connectivity index (χ3v) is 4.83. The molecule has 2 heterocycles. The lowest BCUT2D eigenvalue weighted by Crippen LogP contribution is -2.49. The number of amides is 2. The third-order valence-electron chi connectivity index (χ3n) is 4.53. The molecule has 0 aliphatic carbocycles. The van der Waals surface area contributed by atoms with Crippen molar-refractivity contribution in [2.75, 3.05) is 45.7 Å².